The van der Waals surface area contributed by atoms with Crippen LogP contribution in [0.15, 0.2) is 48.3 Å². The number of nitrogens with one attached hydrogen (secondary N) is 1. The Bertz CT molecular complexity index is 1780. The summed E-state index contributed by atoms with van der Waals surface area (Å²) in [6, 6.07) is 5.58. The van der Waals surface area contributed by atoms with Crippen LogP contribution in [0.3, 0.4) is 0 Å². The minimum absolute atomic E-state index is 0.0214. The zero-order valence-corrected chi connectivity index (χ0v) is 24.4. The van der Waals surface area contributed by atoms with E-state index in [2.05, 4.69) is 25.1 Å². The second-order valence-electron chi connectivity index (χ2n) is 10.2. The molecule has 0 atom stereocenters. The molecule has 0 bridgehead atoms. The first-order chi connectivity index (χ1) is 19.8. The second-order valence-corrected chi connectivity index (χ2v) is 11.5. The van der Waals surface area contributed by atoms with Gasteiger partial charge in [-0.3, -0.25) is 14.9 Å². The number of hydrogen-bond acceptors (Lipinski definition) is 8. The zero-order valence-electron chi connectivity index (χ0n) is 22.9. The van der Waals surface area contributed by atoms with Crippen molar-refractivity contribution in [1.82, 2.24) is 34.9 Å². The Morgan fingerprint density at radius 3 is 2.68 bits per heavy atom. The number of H-pyrrole nitrogens is 1. The van der Waals surface area contributed by atoms with E-state index in [1.54, 1.807) is 30.0 Å². The molecule has 0 radical (unpaired) electrons. The molecule has 210 valence electrons. The molecule has 5 aromatic rings. The lowest BCUT2D eigenvalue weighted by atomic mass is 9.95. The molecule has 6 rings (SSSR count). The topological polar surface area (TPSA) is 94.1 Å². The smallest absolute Gasteiger partial charge is 0.246 e. The highest BCUT2D eigenvalue weighted by molar-refractivity contribution is 7.13. The number of rotatable bonds is 6. The van der Waals surface area contributed by atoms with Crippen LogP contribution >= 0.6 is 22.9 Å². The van der Waals surface area contributed by atoms with Gasteiger partial charge in [-0.05, 0) is 38.7 Å². The monoisotopic (exact) mass is 590 g/mol. The van der Waals surface area contributed by atoms with E-state index in [1.807, 2.05) is 49.0 Å². The van der Waals surface area contributed by atoms with Gasteiger partial charge in [-0.15, -0.1) is 11.3 Å². The third-order valence-electron chi connectivity index (χ3n) is 7.22. The number of aromatic nitrogens is 5. The fraction of sp³-hybridized carbons (Fsp3) is 0.276. The Labute approximate surface area is 245 Å². The third kappa shape index (κ3) is 5.16. The number of nitrogens with zero attached hydrogens (tertiary/aromatic N) is 7. The highest BCUT2D eigenvalue weighted by atomic mass is 35.5. The number of anilines is 1. The average Bonchev–Trinajstić information content (AvgIpc) is 3.67. The lowest BCUT2D eigenvalue weighted by Crippen LogP contribution is -2.48. The summed E-state index contributed by atoms with van der Waals surface area (Å²) < 4.78 is 16.6. The summed E-state index contributed by atoms with van der Waals surface area (Å²) in [7, 11) is 3.91. The number of likely N-dealkylation sites (N-methyl/N-ethyl adjacent to an activating group) is 1. The maximum absolute atomic E-state index is 16.6. The Kier molecular flexibility index (Phi) is 7.41. The molecule has 41 heavy (non-hydrogen) atoms. The van der Waals surface area contributed by atoms with Gasteiger partial charge in [0.2, 0.25) is 5.91 Å². The van der Waals surface area contributed by atoms with Gasteiger partial charge in [0, 0.05) is 66.9 Å². The Balaban J connectivity index is 1.43. The van der Waals surface area contributed by atoms with Gasteiger partial charge in [0.1, 0.15) is 11.3 Å². The van der Waals surface area contributed by atoms with Gasteiger partial charge < -0.3 is 14.7 Å². The van der Waals surface area contributed by atoms with Gasteiger partial charge >= 0.3 is 0 Å². The zero-order chi connectivity index (χ0) is 28.7. The lowest BCUT2D eigenvalue weighted by molar-refractivity contribution is -0.126. The van der Waals surface area contributed by atoms with Crippen molar-refractivity contribution in [2.45, 2.75) is 6.92 Å². The normalized spacial score (nSPS) is 14.3. The van der Waals surface area contributed by atoms with Crippen molar-refractivity contribution in [3.05, 3.63) is 64.7 Å². The van der Waals surface area contributed by atoms with Gasteiger partial charge in [0.25, 0.3) is 0 Å². The van der Waals surface area contributed by atoms with Gasteiger partial charge in [-0.25, -0.2) is 14.4 Å². The van der Waals surface area contributed by atoms with Gasteiger partial charge in [0.05, 0.1) is 27.1 Å². The van der Waals surface area contributed by atoms with Crippen LogP contribution in [0.1, 0.15) is 5.56 Å². The summed E-state index contributed by atoms with van der Waals surface area (Å²) in [4.78, 5) is 33.0. The van der Waals surface area contributed by atoms with E-state index in [1.165, 1.54) is 11.3 Å². The highest BCUT2D eigenvalue weighted by Gasteiger charge is 2.27. The number of fused-ring (bicyclic) bond motifs is 2. The van der Waals surface area contributed by atoms with E-state index in [9.17, 15) is 4.79 Å². The number of carbonyl (C=O) groups excluding carboxylic acids is 1. The molecule has 0 aliphatic carbocycles. The molecule has 0 unspecified atom stereocenters. The number of aromatic amines is 1. The molecule has 1 N–H and O–H groups in total. The van der Waals surface area contributed by atoms with Crippen LogP contribution in [-0.2, 0) is 4.79 Å². The summed E-state index contributed by atoms with van der Waals surface area (Å²) in [5.41, 5.74) is 4.50. The van der Waals surface area contributed by atoms with E-state index in [-0.39, 0.29) is 22.0 Å². The van der Waals surface area contributed by atoms with Crippen molar-refractivity contribution in [2.75, 3.05) is 51.7 Å². The predicted molar refractivity (Wildman–Crippen MR) is 162 cm³/mol. The lowest BCUT2D eigenvalue weighted by Gasteiger charge is -2.35. The molecule has 2 aromatic carbocycles. The number of hydrogen-bond donors (Lipinski definition) is 1. The highest BCUT2D eigenvalue weighted by Crippen LogP contribution is 2.42. The minimum atomic E-state index is -0.515. The van der Waals surface area contributed by atoms with Crippen molar-refractivity contribution in [1.29, 1.82) is 0 Å². The number of amides is 1. The minimum Gasteiger partial charge on any atom is -0.352 e. The fourth-order valence-corrected chi connectivity index (χ4v) is 5.99. The van der Waals surface area contributed by atoms with Gasteiger partial charge in [-0.1, -0.05) is 23.7 Å². The molecule has 1 saturated heterocycles. The van der Waals surface area contributed by atoms with Crippen molar-refractivity contribution in [3.63, 3.8) is 0 Å². The van der Waals surface area contributed by atoms with Crippen LogP contribution in [0.25, 0.3) is 43.6 Å². The van der Waals surface area contributed by atoms with Crippen molar-refractivity contribution >= 4 is 56.5 Å². The van der Waals surface area contributed by atoms with Crippen LogP contribution in [-0.4, -0.2) is 87.7 Å². The van der Waals surface area contributed by atoms with Crippen molar-refractivity contribution < 1.29 is 9.18 Å². The van der Waals surface area contributed by atoms with Crippen LogP contribution in [0, 0.1) is 12.7 Å². The van der Waals surface area contributed by atoms with Gasteiger partial charge in [0.15, 0.2) is 11.6 Å². The van der Waals surface area contributed by atoms with Crippen molar-refractivity contribution in [2.24, 2.45) is 0 Å². The number of benzene rings is 2. The maximum atomic E-state index is 16.6. The Morgan fingerprint density at radius 1 is 1.15 bits per heavy atom. The maximum Gasteiger partial charge on any atom is 0.246 e. The summed E-state index contributed by atoms with van der Waals surface area (Å²) in [5, 5.41) is 8.67. The number of carbonyl (C=O) groups is 1. The Hall–Kier alpha value is -3.93. The molecule has 1 fully saturated rings. The standard InChI is InChI=1S/C29H28ClFN8OS/c1-17-6-7-21-19(14-33-36-21)24(17)25-20(30)13-18-27(26(25)31)34-28(22-15-32-16-41-22)35-29(18)39-11-9-38(10-12-39)23(40)5-4-8-37(2)3/h4-7,13-16H,8-12H2,1-3H3,(H,33,36). The van der Waals surface area contributed by atoms with Crippen LogP contribution in [0.2, 0.25) is 5.02 Å². The predicted octanol–water partition coefficient (Wildman–Crippen LogP) is 5.16. The summed E-state index contributed by atoms with van der Waals surface area (Å²) in [5.74, 6) is 0.440. The fourth-order valence-electron chi connectivity index (χ4n) is 5.15. The number of aryl methyl sites for hydroxylation is 1. The first kappa shape index (κ1) is 27.3. The molecule has 1 aliphatic heterocycles. The van der Waals surface area contributed by atoms with Crippen LogP contribution in [0.4, 0.5) is 10.2 Å². The Morgan fingerprint density at radius 2 is 1.95 bits per heavy atom. The van der Waals surface area contributed by atoms with E-state index in [4.69, 9.17) is 16.6 Å². The molecule has 9 nitrogen and oxygen atoms in total. The van der Waals surface area contributed by atoms with Crippen LogP contribution in [0.5, 0.6) is 0 Å². The first-order valence-corrected chi connectivity index (χ1v) is 14.4. The average molecular weight is 591 g/mol. The summed E-state index contributed by atoms with van der Waals surface area (Å²) in [6.07, 6.45) is 6.85. The van der Waals surface area contributed by atoms with E-state index < -0.39 is 5.82 Å². The summed E-state index contributed by atoms with van der Waals surface area (Å²) in [6.45, 7) is 4.73. The molecule has 12 heteroatoms. The summed E-state index contributed by atoms with van der Waals surface area (Å²) >= 11 is 8.24. The van der Waals surface area contributed by atoms with E-state index in [0.29, 0.717) is 55.3 Å². The van der Waals surface area contributed by atoms with Crippen LogP contribution < -0.4 is 4.90 Å². The first-order valence-electron chi connectivity index (χ1n) is 13.2. The van der Waals surface area contributed by atoms with E-state index >= 15 is 4.39 Å². The SMILES string of the molecule is Cc1ccc2[nH]ncc2c1-c1c(Cl)cc2c(N3CCN(C(=O)C=CCN(C)C)CC3)nc(-c3cncs3)nc2c1F. The van der Waals surface area contributed by atoms with E-state index in [0.717, 1.165) is 21.3 Å². The van der Waals surface area contributed by atoms with Crippen molar-refractivity contribution in [3.8, 4) is 21.8 Å². The number of piperazine rings is 1. The third-order valence-corrected chi connectivity index (χ3v) is 8.29. The number of halogens is 2. The largest absolute Gasteiger partial charge is 0.352 e. The molecule has 1 amide bonds. The second kappa shape index (κ2) is 11.2. The molecule has 0 saturated carbocycles. The van der Waals surface area contributed by atoms with Gasteiger partial charge in [-0.2, -0.15) is 5.10 Å². The molecular formula is C29H28ClFN8OS. The molecule has 4 heterocycles. The molecule has 3 aromatic heterocycles. The number of thiazole rings is 1. The molecular weight excluding hydrogens is 563 g/mol. The molecule has 0 spiro atoms. The molecule has 1 aliphatic rings. The quantitative estimate of drug-likeness (QED) is 0.273.